The second-order valence-electron chi connectivity index (χ2n) is 5.47. The Morgan fingerprint density at radius 2 is 2.11 bits per heavy atom. The highest BCUT2D eigenvalue weighted by Gasteiger charge is 2.40. The summed E-state index contributed by atoms with van der Waals surface area (Å²) in [6.45, 7) is 2.41. The van der Waals surface area contributed by atoms with Crippen molar-refractivity contribution in [3.8, 4) is 0 Å². The van der Waals surface area contributed by atoms with Crippen molar-refractivity contribution in [3.05, 3.63) is 35.2 Å². The molecule has 4 heterocycles. The lowest BCUT2D eigenvalue weighted by molar-refractivity contribution is 0.185. The van der Waals surface area contributed by atoms with E-state index >= 15 is 0 Å². The largest absolute Gasteiger partial charge is 0.371 e. The SMILES string of the molecule is S=C1NC2=C(C(C3=CC=CC3)N1)N1CCC2CC1. The Morgan fingerprint density at radius 3 is 2.83 bits per heavy atom. The molecule has 4 aliphatic heterocycles. The van der Waals surface area contributed by atoms with Crippen LogP contribution < -0.4 is 10.6 Å². The fourth-order valence-corrected chi connectivity index (χ4v) is 3.82. The molecule has 3 nitrogen and oxygen atoms in total. The summed E-state index contributed by atoms with van der Waals surface area (Å²) in [7, 11) is 0. The normalized spacial score (nSPS) is 30.2. The summed E-state index contributed by atoms with van der Waals surface area (Å²) in [6.07, 6.45) is 10.2. The minimum absolute atomic E-state index is 0.298. The topological polar surface area (TPSA) is 27.3 Å². The predicted molar refractivity (Wildman–Crippen MR) is 75.8 cm³/mol. The number of piperidine rings is 1. The Morgan fingerprint density at radius 1 is 1.28 bits per heavy atom. The smallest absolute Gasteiger partial charge is 0.171 e. The van der Waals surface area contributed by atoms with Crippen LogP contribution in [0.3, 0.4) is 0 Å². The monoisotopic (exact) mass is 259 g/mol. The van der Waals surface area contributed by atoms with E-state index in [-0.39, 0.29) is 0 Å². The highest BCUT2D eigenvalue weighted by Crippen LogP contribution is 2.39. The second-order valence-corrected chi connectivity index (χ2v) is 5.87. The van der Waals surface area contributed by atoms with E-state index in [4.69, 9.17) is 12.2 Å². The van der Waals surface area contributed by atoms with Crippen molar-refractivity contribution in [2.75, 3.05) is 13.1 Å². The number of fused-ring (bicyclic) bond motifs is 2. The molecule has 0 amide bonds. The van der Waals surface area contributed by atoms with E-state index in [9.17, 15) is 0 Å². The maximum Gasteiger partial charge on any atom is 0.171 e. The number of nitrogens with one attached hydrogen (secondary N) is 2. The molecule has 2 bridgehead atoms. The van der Waals surface area contributed by atoms with Gasteiger partial charge in [-0.3, -0.25) is 0 Å². The van der Waals surface area contributed by atoms with Crippen molar-refractivity contribution in [1.29, 1.82) is 0 Å². The molecule has 5 aliphatic rings. The lowest BCUT2D eigenvalue weighted by Gasteiger charge is -2.49. The average molecular weight is 259 g/mol. The average Bonchev–Trinajstić information content (AvgIpc) is 2.92. The molecule has 1 atom stereocenters. The first-order chi connectivity index (χ1) is 8.83. The van der Waals surface area contributed by atoms with Gasteiger partial charge in [-0.2, -0.15) is 0 Å². The minimum Gasteiger partial charge on any atom is -0.371 e. The molecule has 0 aromatic heterocycles. The van der Waals surface area contributed by atoms with Crippen LogP contribution in [0.2, 0.25) is 0 Å². The van der Waals surface area contributed by atoms with Gasteiger partial charge < -0.3 is 15.5 Å². The van der Waals surface area contributed by atoms with Gasteiger partial charge in [0.05, 0.1) is 11.7 Å². The van der Waals surface area contributed by atoms with Crippen molar-refractivity contribution in [1.82, 2.24) is 15.5 Å². The first-order valence-electron chi connectivity index (χ1n) is 6.75. The number of thiocarbonyl (C=S) groups is 1. The van der Waals surface area contributed by atoms with Crippen LogP contribution in [0.1, 0.15) is 19.3 Å². The van der Waals surface area contributed by atoms with Gasteiger partial charge in [0.25, 0.3) is 0 Å². The number of hydrogen-bond acceptors (Lipinski definition) is 2. The van der Waals surface area contributed by atoms with Crippen LogP contribution in [-0.4, -0.2) is 29.1 Å². The highest BCUT2D eigenvalue weighted by atomic mass is 32.1. The third-order valence-corrected chi connectivity index (χ3v) is 4.71. The Labute approximate surface area is 113 Å². The molecule has 1 unspecified atom stereocenters. The van der Waals surface area contributed by atoms with Gasteiger partial charge in [0.1, 0.15) is 0 Å². The van der Waals surface area contributed by atoms with Crippen LogP contribution in [0.4, 0.5) is 0 Å². The van der Waals surface area contributed by atoms with E-state index in [0.29, 0.717) is 12.0 Å². The summed E-state index contributed by atoms with van der Waals surface area (Å²) in [5, 5.41) is 7.66. The Hall–Kier alpha value is -1.29. The number of nitrogens with zero attached hydrogens (tertiary/aromatic N) is 1. The van der Waals surface area contributed by atoms with Crippen molar-refractivity contribution in [2.45, 2.75) is 25.3 Å². The fraction of sp³-hybridized carbons (Fsp3) is 0.500. The van der Waals surface area contributed by atoms with Gasteiger partial charge in [-0.05, 0) is 37.1 Å². The van der Waals surface area contributed by atoms with Crippen LogP contribution in [0.15, 0.2) is 35.2 Å². The minimum atomic E-state index is 0.298. The van der Waals surface area contributed by atoms with Gasteiger partial charge >= 0.3 is 0 Å². The van der Waals surface area contributed by atoms with Crippen molar-refractivity contribution in [3.63, 3.8) is 0 Å². The van der Waals surface area contributed by atoms with E-state index in [1.54, 1.807) is 0 Å². The Balaban J connectivity index is 1.78. The number of hydrogen-bond donors (Lipinski definition) is 2. The molecule has 4 heteroatoms. The fourth-order valence-electron chi connectivity index (χ4n) is 3.60. The molecule has 0 aromatic carbocycles. The van der Waals surface area contributed by atoms with Crippen LogP contribution >= 0.6 is 12.2 Å². The van der Waals surface area contributed by atoms with Gasteiger partial charge in [-0.1, -0.05) is 18.2 Å². The van der Waals surface area contributed by atoms with Crippen molar-refractivity contribution < 1.29 is 0 Å². The molecule has 1 fully saturated rings. The zero-order chi connectivity index (χ0) is 12.1. The molecule has 0 radical (unpaired) electrons. The van der Waals surface area contributed by atoms with Crippen molar-refractivity contribution >= 4 is 17.3 Å². The molecule has 2 N–H and O–H groups in total. The maximum atomic E-state index is 5.38. The summed E-state index contributed by atoms with van der Waals surface area (Å²) in [5.41, 5.74) is 4.30. The highest BCUT2D eigenvalue weighted by molar-refractivity contribution is 7.80. The molecule has 1 aliphatic carbocycles. The predicted octanol–water partition coefficient (Wildman–Crippen LogP) is 1.66. The summed E-state index contributed by atoms with van der Waals surface area (Å²) in [5.74, 6) is 0.697. The molecule has 0 saturated carbocycles. The quantitative estimate of drug-likeness (QED) is 0.700. The van der Waals surface area contributed by atoms with Gasteiger partial charge in [0, 0.05) is 24.7 Å². The van der Waals surface area contributed by atoms with E-state index in [0.717, 1.165) is 11.5 Å². The first kappa shape index (κ1) is 10.6. The van der Waals surface area contributed by atoms with E-state index in [2.05, 4.69) is 33.8 Å². The lowest BCUT2D eigenvalue weighted by Crippen LogP contribution is -2.58. The summed E-state index contributed by atoms with van der Waals surface area (Å²) < 4.78 is 0. The summed E-state index contributed by atoms with van der Waals surface area (Å²) in [4.78, 5) is 2.54. The second kappa shape index (κ2) is 3.85. The van der Waals surface area contributed by atoms with Crippen LogP contribution in [0, 0.1) is 5.92 Å². The maximum absolute atomic E-state index is 5.38. The Kier molecular flexibility index (Phi) is 2.27. The molecular weight excluding hydrogens is 242 g/mol. The molecule has 94 valence electrons. The van der Waals surface area contributed by atoms with Crippen molar-refractivity contribution in [2.24, 2.45) is 5.92 Å². The number of rotatable bonds is 1. The molecule has 0 spiro atoms. The van der Waals surface area contributed by atoms with Gasteiger partial charge in [-0.25, -0.2) is 0 Å². The first-order valence-corrected chi connectivity index (χ1v) is 7.16. The third kappa shape index (κ3) is 1.45. The van der Waals surface area contributed by atoms with Crippen LogP contribution in [0.5, 0.6) is 0 Å². The zero-order valence-corrected chi connectivity index (χ0v) is 11.1. The zero-order valence-electron chi connectivity index (χ0n) is 10.3. The molecular formula is C14H17N3S. The van der Waals surface area contributed by atoms with E-state index in [1.165, 1.54) is 42.9 Å². The molecule has 18 heavy (non-hydrogen) atoms. The standard InChI is InChI=1S/C14H17N3S/c18-14-15-11(9-3-1-2-4-9)13-12(16-14)10-5-7-17(13)8-6-10/h1-3,10-11H,4-8H2,(H2,15,16,18). The Bertz CT molecular complexity index is 495. The lowest BCUT2D eigenvalue weighted by atomic mass is 9.82. The third-order valence-electron chi connectivity index (χ3n) is 4.49. The van der Waals surface area contributed by atoms with Crippen LogP contribution in [0.25, 0.3) is 0 Å². The molecule has 0 aromatic rings. The summed E-state index contributed by atoms with van der Waals surface area (Å²) in [6, 6.07) is 0.298. The molecule has 5 rings (SSSR count). The summed E-state index contributed by atoms with van der Waals surface area (Å²) >= 11 is 5.38. The van der Waals surface area contributed by atoms with Gasteiger partial charge in [-0.15, -0.1) is 0 Å². The van der Waals surface area contributed by atoms with E-state index in [1.807, 2.05) is 0 Å². The van der Waals surface area contributed by atoms with E-state index < -0.39 is 0 Å². The van der Waals surface area contributed by atoms with Gasteiger partial charge in [0.15, 0.2) is 5.11 Å². The molecule has 1 saturated heterocycles. The van der Waals surface area contributed by atoms with Gasteiger partial charge in [0.2, 0.25) is 0 Å². The van der Waals surface area contributed by atoms with Crippen LogP contribution in [-0.2, 0) is 0 Å². The number of allylic oxidation sites excluding steroid dienone is 4.